The Kier molecular flexibility index (Phi) is 7.16. The van der Waals surface area contributed by atoms with Crippen molar-refractivity contribution in [2.24, 2.45) is 0 Å². The highest BCUT2D eigenvalue weighted by Crippen LogP contribution is 2.27. The summed E-state index contributed by atoms with van der Waals surface area (Å²) in [6, 6.07) is 11.2. The van der Waals surface area contributed by atoms with Gasteiger partial charge in [-0.15, -0.1) is 0 Å². The van der Waals surface area contributed by atoms with E-state index in [1.54, 1.807) is 18.2 Å². The highest BCUT2D eigenvalue weighted by Gasteiger charge is 2.28. The second-order valence-corrected chi connectivity index (χ2v) is 9.45. The lowest BCUT2D eigenvalue weighted by Crippen LogP contribution is -2.32. The lowest BCUT2D eigenvalue weighted by atomic mass is 10.1. The number of rotatable bonds is 6. The molecule has 6 nitrogen and oxygen atoms in total. The summed E-state index contributed by atoms with van der Waals surface area (Å²) in [6.07, 6.45) is 4.23. The molecule has 1 saturated heterocycles. The van der Waals surface area contributed by atoms with Gasteiger partial charge in [-0.05, 0) is 55.2 Å². The summed E-state index contributed by atoms with van der Waals surface area (Å²) in [5.41, 5.74) is 1.14. The van der Waals surface area contributed by atoms with Gasteiger partial charge in [0.25, 0.3) is 5.91 Å². The van der Waals surface area contributed by atoms with E-state index < -0.39 is 10.0 Å². The minimum Gasteiger partial charge on any atom is -0.508 e. The number of hydrogen-bond donors (Lipinski definition) is 2. The van der Waals surface area contributed by atoms with Crippen LogP contribution in [0.4, 0.5) is 0 Å². The van der Waals surface area contributed by atoms with Gasteiger partial charge in [0, 0.05) is 25.2 Å². The second kappa shape index (κ2) is 9.61. The number of nitrogens with zero attached hydrogens (tertiary/aromatic N) is 1. The van der Waals surface area contributed by atoms with Crippen molar-refractivity contribution in [1.29, 1.82) is 0 Å². The summed E-state index contributed by atoms with van der Waals surface area (Å²) < 4.78 is 27.6. The van der Waals surface area contributed by atoms with E-state index in [0.717, 1.165) is 31.2 Å². The maximum Gasteiger partial charge on any atom is 0.251 e. The van der Waals surface area contributed by atoms with Crippen LogP contribution in [0.1, 0.15) is 41.6 Å². The Morgan fingerprint density at radius 1 is 1.07 bits per heavy atom. The van der Waals surface area contributed by atoms with Crippen molar-refractivity contribution in [3.8, 4) is 5.75 Å². The van der Waals surface area contributed by atoms with Crippen molar-refractivity contribution in [3.05, 3.63) is 58.6 Å². The van der Waals surface area contributed by atoms with Crippen LogP contribution in [-0.4, -0.2) is 43.4 Å². The average Bonchev–Trinajstić information content (AvgIpc) is 2.98. The summed E-state index contributed by atoms with van der Waals surface area (Å²) in [5, 5.41) is 12.4. The first-order valence-corrected chi connectivity index (χ1v) is 11.6. The molecule has 0 atom stereocenters. The van der Waals surface area contributed by atoms with E-state index in [0.29, 0.717) is 26.1 Å². The quantitative estimate of drug-likeness (QED) is 0.724. The summed E-state index contributed by atoms with van der Waals surface area (Å²) in [7, 11) is -3.75. The maximum atomic E-state index is 13.1. The molecule has 156 valence electrons. The predicted molar refractivity (Wildman–Crippen MR) is 113 cm³/mol. The van der Waals surface area contributed by atoms with Crippen molar-refractivity contribution in [2.45, 2.75) is 37.0 Å². The minimum atomic E-state index is -3.75. The number of carbonyl (C=O) groups is 1. The van der Waals surface area contributed by atoms with Crippen LogP contribution in [0.25, 0.3) is 0 Å². The van der Waals surface area contributed by atoms with Gasteiger partial charge in [0.2, 0.25) is 10.0 Å². The van der Waals surface area contributed by atoms with Gasteiger partial charge in [-0.2, -0.15) is 4.31 Å². The van der Waals surface area contributed by atoms with Crippen LogP contribution < -0.4 is 5.32 Å². The summed E-state index contributed by atoms with van der Waals surface area (Å²) >= 11 is 6.18. The average molecular weight is 437 g/mol. The number of sulfonamides is 1. The van der Waals surface area contributed by atoms with E-state index in [1.807, 2.05) is 6.07 Å². The molecule has 0 unspecified atom stereocenters. The van der Waals surface area contributed by atoms with Crippen LogP contribution >= 0.6 is 11.6 Å². The molecule has 1 aliphatic heterocycles. The second-order valence-electron chi connectivity index (χ2n) is 7.14. The monoisotopic (exact) mass is 436 g/mol. The van der Waals surface area contributed by atoms with Crippen molar-refractivity contribution >= 4 is 27.5 Å². The molecule has 3 rings (SSSR count). The van der Waals surface area contributed by atoms with Gasteiger partial charge >= 0.3 is 0 Å². The number of amides is 1. The summed E-state index contributed by atoms with van der Waals surface area (Å²) in [4.78, 5) is 12.5. The Morgan fingerprint density at radius 3 is 2.48 bits per heavy atom. The Hall–Kier alpha value is -2.09. The highest BCUT2D eigenvalue weighted by molar-refractivity contribution is 7.89. The highest BCUT2D eigenvalue weighted by atomic mass is 35.5. The number of aromatic hydroxyl groups is 1. The van der Waals surface area contributed by atoms with E-state index in [9.17, 15) is 18.3 Å². The molecule has 1 heterocycles. The Balaban J connectivity index is 1.71. The first-order valence-electron chi connectivity index (χ1n) is 9.74. The van der Waals surface area contributed by atoms with E-state index in [4.69, 9.17) is 11.6 Å². The summed E-state index contributed by atoms with van der Waals surface area (Å²) in [6.45, 7) is 1.30. The van der Waals surface area contributed by atoms with Crippen molar-refractivity contribution < 1.29 is 18.3 Å². The van der Waals surface area contributed by atoms with Gasteiger partial charge in [0.15, 0.2) is 0 Å². The molecule has 1 fully saturated rings. The van der Waals surface area contributed by atoms with Gasteiger partial charge < -0.3 is 10.4 Å². The minimum absolute atomic E-state index is 0.0262. The largest absolute Gasteiger partial charge is 0.508 e. The Morgan fingerprint density at radius 2 is 1.79 bits per heavy atom. The smallest absolute Gasteiger partial charge is 0.251 e. The van der Waals surface area contributed by atoms with E-state index >= 15 is 0 Å². The molecule has 0 saturated carbocycles. The zero-order chi connectivity index (χ0) is 20.9. The van der Waals surface area contributed by atoms with Gasteiger partial charge in [0.1, 0.15) is 10.6 Å². The fraction of sp³-hybridized carbons (Fsp3) is 0.381. The number of carbonyl (C=O) groups excluding carboxylic acids is 1. The molecule has 2 aromatic rings. The normalized spacial score (nSPS) is 15.6. The topological polar surface area (TPSA) is 86.7 Å². The molecule has 0 spiro atoms. The molecule has 2 N–H and O–H groups in total. The summed E-state index contributed by atoms with van der Waals surface area (Å²) in [5.74, 6) is -0.191. The Bertz CT molecular complexity index is 970. The molecular formula is C21H25ClN2O4S. The molecule has 2 aromatic carbocycles. The standard InChI is InChI=1S/C21H25ClN2O4S/c22-19-9-8-17(21(26)23-11-10-16-6-5-7-18(25)14-16)15-20(19)29(27,28)24-12-3-1-2-4-13-24/h5-9,14-15,25H,1-4,10-13H2,(H,23,26). The fourth-order valence-electron chi connectivity index (χ4n) is 3.40. The molecule has 29 heavy (non-hydrogen) atoms. The van der Waals surface area contributed by atoms with Crippen LogP contribution in [0, 0.1) is 0 Å². The van der Waals surface area contributed by atoms with E-state index in [2.05, 4.69) is 5.32 Å². The van der Waals surface area contributed by atoms with Gasteiger partial charge in [-0.3, -0.25) is 4.79 Å². The number of hydrogen-bond acceptors (Lipinski definition) is 4. The number of halogens is 1. The zero-order valence-corrected chi connectivity index (χ0v) is 17.7. The third-order valence-electron chi connectivity index (χ3n) is 4.99. The predicted octanol–water partition coefficient (Wildman–Crippen LogP) is 3.58. The van der Waals surface area contributed by atoms with Crippen LogP contribution in [0.3, 0.4) is 0 Å². The van der Waals surface area contributed by atoms with Crippen molar-refractivity contribution in [1.82, 2.24) is 9.62 Å². The van der Waals surface area contributed by atoms with Gasteiger partial charge in [-0.25, -0.2) is 8.42 Å². The molecule has 0 aromatic heterocycles. The number of phenolic OH excluding ortho intramolecular Hbond substituents is 1. The Labute approximate surface area is 176 Å². The molecular weight excluding hydrogens is 412 g/mol. The molecule has 1 aliphatic rings. The number of phenols is 1. The molecule has 0 aliphatic carbocycles. The first-order chi connectivity index (χ1) is 13.9. The third-order valence-corrected chi connectivity index (χ3v) is 7.37. The van der Waals surface area contributed by atoms with Gasteiger partial charge in [-0.1, -0.05) is 36.6 Å². The van der Waals surface area contributed by atoms with Gasteiger partial charge in [0.05, 0.1) is 5.02 Å². The van der Waals surface area contributed by atoms with Crippen LogP contribution in [0.2, 0.25) is 5.02 Å². The molecule has 0 bridgehead atoms. The maximum absolute atomic E-state index is 13.1. The van der Waals surface area contributed by atoms with Crippen LogP contribution in [0.15, 0.2) is 47.4 Å². The lowest BCUT2D eigenvalue weighted by Gasteiger charge is -2.21. The molecule has 1 amide bonds. The van der Waals surface area contributed by atoms with Crippen molar-refractivity contribution in [3.63, 3.8) is 0 Å². The third kappa shape index (κ3) is 5.50. The molecule has 8 heteroatoms. The first kappa shape index (κ1) is 21.6. The zero-order valence-electron chi connectivity index (χ0n) is 16.1. The number of nitrogens with one attached hydrogen (secondary N) is 1. The fourth-order valence-corrected chi connectivity index (χ4v) is 5.42. The van der Waals surface area contributed by atoms with E-state index in [-0.39, 0.29) is 27.1 Å². The number of benzene rings is 2. The van der Waals surface area contributed by atoms with Crippen LogP contribution in [-0.2, 0) is 16.4 Å². The SMILES string of the molecule is O=C(NCCc1cccc(O)c1)c1ccc(Cl)c(S(=O)(=O)N2CCCCCC2)c1. The van der Waals surface area contributed by atoms with E-state index in [1.165, 1.54) is 22.5 Å². The lowest BCUT2D eigenvalue weighted by molar-refractivity contribution is 0.0954. The van der Waals surface area contributed by atoms with Crippen molar-refractivity contribution in [2.75, 3.05) is 19.6 Å². The molecule has 0 radical (unpaired) electrons. The van der Waals surface area contributed by atoms with Crippen LogP contribution in [0.5, 0.6) is 5.75 Å².